The highest BCUT2D eigenvalue weighted by atomic mass is 32.2. The van der Waals surface area contributed by atoms with Gasteiger partial charge in [0, 0.05) is 31.1 Å². The van der Waals surface area contributed by atoms with Gasteiger partial charge in [-0.15, -0.1) is 0 Å². The molecule has 0 saturated carbocycles. The molecule has 0 amide bonds. The fourth-order valence-electron chi connectivity index (χ4n) is 1.62. The zero-order valence-electron chi connectivity index (χ0n) is 10.9. The minimum Gasteiger partial charge on any atom is -0.385 e. The van der Waals surface area contributed by atoms with E-state index in [-0.39, 0.29) is 0 Å². The minimum atomic E-state index is 0.418. The van der Waals surface area contributed by atoms with Crippen LogP contribution in [0.1, 0.15) is 40.0 Å². The number of rotatable bonds is 9. The second-order valence-corrected chi connectivity index (χ2v) is 5.43. The van der Waals surface area contributed by atoms with Crippen molar-refractivity contribution in [3.05, 3.63) is 0 Å². The molecule has 2 nitrogen and oxygen atoms in total. The molecular formula is C12H27NOS. The van der Waals surface area contributed by atoms with E-state index < -0.39 is 0 Å². The number of ether oxygens (including phenoxy) is 1. The van der Waals surface area contributed by atoms with Crippen LogP contribution < -0.4 is 5.32 Å². The second kappa shape index (κ2) is 8.43. The van der Waals surface area contributed by atoms with Crippen LogP contribution in [0.2, 0.25) is 0 Å². The average Bonchev–Trinajstić information content (AvgIpc) is 2.29. The molecule has 1 atom stereocenters. The number of thioether (sulfide) groups is 1. The molecule has 1 N–H and O–H groups in total. The van der Waals surface area contributed by atoms with Gasteiger partial charge in [-0.2, -0.15) is 11.8 Å². The molecule has 0 bridgehead atoms. The van der Waals surface area contributed by atoms with Gasteiger partial charge in [0.15, 0.2) is 0 Å². The van der Waals surface area contributed by atoms with Crippen LogP contribution in [0.15, 0.2) is 0 Å². The molecule has 0 fully saturated rings. The third-order valence-corrected chi connectivity index (χ3v) is 4.84. The number of hydrogen-bond donors (Lipinski definition) is 1. The van der Waals surface area contributed by atoms with Crippen molar-refractivity contribution in [2.45, 2.75) is 50.8 Å². The van der Waals surface area contributed by atoms with Crippen molar-refractivity contribution in [3.63, 3.8) is 0 Å². The second-order valence-electron chi connectivity index (χ2n) is 4.16. The van der Waals surface area contributed by atoms with E-state index in [1.807, 2.05) is 11.8 Å². The molecule has 0 heterocycles. The summed E-state index contributed by atoms with van der Waals surface area (Å²) >= 11 is 1.99. The molecule has 0 radical (unpaired) electrons. The van der Waals surface area contributed by atoms with Crippen LogP contribution in [0.5, 0.6) is 0 Å². The Kier molecular flexibility index (Phi) is 8.58. The standard InChI is InChI=1S/C12H27NOS/c1-6-12(7-2,15-5)10-13-11(3)8-9-14-4/h11,13H,6-10H2,1-5H3. The van der Waals surface area contributed by atoms with E-state index in [1.165, 1.54) is 12.8 Å². The Hall–Kier alpha value is 0.270. The van der Waals surface area contributed by atoms with E-state index in [0.29, 0.717) is 10.8 Å². The van der Waals surface area contributed by atoms with Gasteiger partial charge in [0.25, 0.3) is 0 Å². The lowest BCUT2D eigenvalue weighted by atomic mass is 10.0. The predicted molar refractivity (Wildman–Crippen MR) is 70.8 cm³/mol. The minimum absolute atomic E-state index is 0.418. The van der Waals surface area contributed by atoms with Crippen molar-refractivity contribution in [1.29, 1.82) is 0 Å². The summed E-state index contributed by atoms with van der Waals surface area (Å²) in [5, 5.41) is 3.61. The van der Waals surface area contributed by atoms with Gasteiger partial charge in [-0.25, -0.2) is 0 Å². The van der Waals surface area contributed by atoms with Crippen LogP contribution in [-0.2, 0) is 4.74 Å². The van der Waals surface area contributed by atoms with Gasteiger partial charge in [0.05, 0.1) is 0 Å². The van der Waals surface area contributed by atoms with Crippen LogP contribution in [0.3, 0.4) is 0 Å². The third-order valence-electron chi connectivity index (χ3n) is 3.25. The monoisotopic (exact) mass is 233 g/mol. The molecule has 0 aromatic carbocycles. The largest absolute Gasteiger partial charge is 0.385 e. The van der Waals surface area contributed by atoms with E-state index in [2.05, 4.69) is 32.3 Å². The van der Waals surface area contributed by atoms with Crippen LogP contribution in [-0.4, -0.2) is 37.3 Å². The van der Waals surface area contributed by atoms with Crippen LogP contribution in [0, 0.1) is 0 Å². The van der Waals surface area contributed by atoms with Crippen molar-refractivity contribution in [1.82, 2.24) is 5.32 Å². The summed E-state index contributed by atoms with van der Waals surface area (Å²) in [6.45, 7) is 8.74. The Morgan fingerprint density at radius 1 is 1.33 bits per heavy atom. The first-order chi connectivity index (χ1) is 7.14. The summed E-state index contributed by atoms with van der Waals surface area (Å²) in [4.78, 5) is 0. The summed E-state index contributed by atoms with van der Waals surface area (Å²) in [6.07, 6.45) is 5.77. The zero-order valence-corrected chi connectivity index (χ0v) is 11.7. The summed E-state index contributed by atoms with van der Waals surface area (Å²) in [6, 6.07) is 0.551. The quantitative estimate of drug-likeness (QED) is 0.661. The fraction of sp³-hybridized carbons (Fsp3) is 1.00. The van der Waals surface area contributed by atoms with E-state index in [0.717, 1.165) is 19.6 Å². The van der Waals surface area contributed by atoms with Crippen LogP contribution in [0.4, 0.5) is 0 Å². The highest BCUT2D eigenvalue weighted by Crippen LogP contribution is 2.29. The average molecular weight is 233 g/mol. The molecule has 92 valence electrons. The molecule has 0 saturated heterocycles. The summed E-state index contributed by atoms with van der Waals surface area (Å²) in [5.74, 6) is 0. The van der Waals surface area contributed by atoms with Gasteiger partial charge in [0.1, 0.15) is 0 Å². The van der Waals surface area contributed by atoms with Gasteiger partial charge >= 0.3 is 0 Å². The topological polar surface area (TPSA) is 21.3 Å². The molecular weight excluding hydrogens is 206 g/mol. The first-order valence-corrected chi connectivity index (χ1v) is 7.14. The molecule has 0 aliphatic carbocycles. The van der Waals surface area contributed by atoms with E-state index in [9.17, 15) is 0 Å². The molecule has 15 heavy (non-hydrogen) atoms. The maximum atomic E-state index is 5.08. The Morgan fingerprint density at radius 3 is 2.33 bits per heavy atom. The number of nitrogens with one attached hydrogen (secondary N) is 1. The smallest absolute Gasteiger partial charge is 0.0476 e. The Labute approximate surface area is 99.5 Å². The summed E-state index contributed by atoms with van der Waals surface area (Å²) in [7, 11) is 1.76. The highest BCUT2D eigenvalue weighted by Gasteiger charge is 2.24. The molecule has 0 aliphatic heterocycles. The zero-order chi connectivity index (χ0) is 11.7. The number of hydrogen-bond acceptors (Lipinski definition) is 3. The maximum Gasteiger partial charge on any atom is 0.0476 e. The first kappa shape index (κ1) is 15.3. The third kappa shape index (κ3) is 5.79. The van der Waals surface area contributed by atoms with Crippen molar-refractivity contribution >= 4 is 11.8 Å². The van der Waals surface area contributed by atoms with Crippen molar-refractivity contribution in [2.24, 2.45) is 0 Å². The Morgan fingerprint density at radius 2 is 1.93 bits per heavy atom. The van der Waals surface area contributed by atoms with E-state index in [1.54, 1.807) is 7.11 Å². The molecule has 0 aromatic heterocycles. The fourth-order valence-corrected chi connectivity index (χ4v) is 2.42. The number of methoxy groups -OCH3 is 1. The van der Waals surface area contributed by atoms with Gasteiger partial charge in [-0.3, -0.25) is 0 Å². The first-order valence-electron chi connectivity index (χ1n) is 5.91. The molecule has 0 rings (SSSR count). The predicted octanol–water partition coefficient (Wildman–Crippen LogP) is 2.92. The molecule has 0 aliphatic rings. The summed E-state index contributed by atoms with van der Waals surface area (Å²) < 4.78 is 5.50. The highest BCUT2D eigenvalue weighted by molar-refractivity contribution is 8.00. The lowest BCUT2D eigenvalue weighted by Crippen LogP contribution is -2.41. The molecule has 3 heteroatoms. The molecule has 0 aromatic rings. The van der Waals surface area contributed by atoms with Gasteiger partial charge < -0.3 is 10.1 Å². The van der Waals surface area contributed by atoms with Crippen molar-refractivity contribution in [3.8, 4) is 0 Å². The lowest BCUT2D eigenvalue weighted by Gasteiger charge is -2.31. The Balaban J connectivity index is 3.88. The van der Waals surface area contributed by atoms with Crippen LogP contribution in [0.25, 0.3) is 0 Å². The SMILES string of the molecule is CCC(CC)(CNC(C)CCOC)SC. The van der Waals surface area contributed by atoms with Crippen molar-refractivity contribution in [2.75, 3.05) is 26.5 Å². The normalized spacial score (nSPS) is 14.2. The van der Waals surface area contributed by atoms with Crippen LogP contribution >= 0.6 is 11.8 Å². The van der Waals surface area contributed by atoms with Gasteiger partial charge in [0.2, 0.25) is 0 Å². The van der Waals surface area contributed by atoms with Crippen molar-refractivity contribution < 1.29 is 4.74 Å². The lowest BCUT2D eigenvalue weighted by molar-refractivity contribution is 0.184. The molecule has 0 spiro atoms. The summed E-state index contributed by atoms with van der Waals surface area (Å²) in [5.41, 5.74) is 0. The van der Waals surface area contributed by atoms with Gasteiger partial charge in [-0.1, -0.05) is 13.8 Å². The van der Waals surface area contributed by atoms with E-state index >= 15 is 0 Å². The molecule has 1 unspecified atom stereocenters. The Bertz CT molecular complexity index is 140. The maximum absolute atomic E-state index is 5.08. The van der Waals surface area contributed by atoms with E-state index in [4.69, 9.17) is 4.74 Å². The van der Waals surface area contributed by atoms with Gasteiger partial charge in [-0.05, 0) is 32.4 Å².